The lowest BCUT2D eigenvalue weighted by Crippen LogP contribution is -2.26. The molecule has 15 heavy (non-hydrogen) atoms. The Morgan fingerprint density at radius 2 is 2.00 bits per heavy atom. The zero-order chi connectivity index (χ0) is 11.5. The van der Waals surface area contributed by atoms with E-state index in [0.717, 1.165) is 17.8 Å². The molecule has 0 aliphatic carbocycles. The van der Waals surface area contributed by atoms with Crippen LogP contribution in [-0.4, -0.2) is 12.1 Å². The average Bonchev–Trinajstić information content (AvgIpc) is 2.71. The van der Waals surface area contributed by atoms with E-state index in [1.54, 1.807) is 18.4 Å². The van der Waals surface area contributed by atoms with Crippen LogP contribution >= 0.6 is 11.3 Å². The van der Waals surface area contributed by atoms with E-state index >= 15 is 0 Å². The van der Waals surface area contributed by atoms with Crippen molar-refractivity contribution in [3.63, 3.8) is 0 Å². The molecule has 1 aromatic heterocycles. The molecule has 2 nitrogen and oxygen atoms in total. The Kier molecular flexibility index (Phi) is 4.29. The van der Waals surface area contributed by atoms with Gasteiger partial charge in [-0.2, -0.15) is 0 Å². The summed E-state index contributed by atoms with van der Waals surface area (Å²) in [6.45, 7) is 8.66. The predicted octanol–water partition coefficient (Wildman–Crippen LogP) is 3.93. The van der Waals surface area contributed by atoms with Crippen LogP contribution in [-0.2, 0) is 10.3 Å². The van der Waals surface area contributed by atoms with Gasteiger partial charge in [-0.15, -0.1) is 11.3 Å². The fourth-order valence-electron chi connectivity index (χ4n) is 1.69. The number of hydrogen-bond acceptors (Lipinski definition) is 3. The number of hydrogen-bond donors (Lipinski definition) is 0. The SMILES string of the molecule is CCC(CC)(OC)c1nc(C(C)C)cs1. The van der Waals surface area contributed by atoms with E-state index in [2.05, 4.69) is 38.1 Å². The van der Waals surface area contributed by atoms with Gasteiger partial charge in [-0.1, -0.05) is 27.7 Å². The Morgan fingerprint density at radius 3 is 2.33 bits per heavy atom. The number of ether oxygens (including phenoxy) is 1. The van der Waals surface area contributed by atoms with Crippen molar-refractivity contribution in [3.05, 3.63) is 16.1 Å². The van der Waals surface area contributed by atoms with Crippen LogP contribution in [0.15, 0.2) is 5.38 Å². The first-order valence-corrected chi connectivity index (χ1v) is 6.48. The molecule has 1 heterocycles. The lowest BCUT2D eigenvalue weighted by Gasteiger charge is -2.27. The molecule has 0 unspecified atom stereocenters. The summed E-state index contributed by atoms with van der Waals surface area (Å²) in [7, 11) is 1.78. The minimum Gasteiger partial charge on any atom is -0.371 e. The highest BCUT2D eigenvalue weighted by Crippen LogP contribution is 2.35. The van der Waals surface area contributed by atoms with Gasteiger partial charge in [0.15, 0.2) is 0 Å². The van der Waals surface area contributed by atoms with Crippen LogP contribution in [0.5, 0.6) is 0 Å². The molecule has 1 aromatic rings. The van der Waals surface area contributed by atoms with E-state index in [-0.39, 0.29) is 5.60 Å². The van der Waals surface area contributed by atoms with E-state index in [4.69, 9.17) is 4.74 Å². The highest BCUT2D eigenvalue weighted by atomic mass is 32.1. The Balaban J connectivity index is 3.01. The smallest absolute Gasteiger partial charge is 0.125 e. The third kappa shape index (κ3) is 2.40. The highest BCUT2D eigenvalue weighted by Gasteiger charge is 2.31. The first-order valence-electron chi connectivity index (χ1n) is 5.60. The first-order chi connectivity index (χ1) is 7.09. The van der Waals surface area contributed by atoms with E-state index in [9.17, 15) is 0 Å². The van der Waals surface area contributed by atoms with Crippen molar-refractivity contribution in [2.45, 2.75) is 52.1 Å². The molecule has 0 radical (unpaired) electrons. The molecular formula is C12H21NOS. The summed E-state index contributed by atoms with van der Waals surface area (Å²) in [5, 5.41) is 3.28. The molecule has 0 saturated heterocycles. The predicted molar refractivity (Wildman–Crippen MR) is 65.5 cm³/mol. The maximum Gasteiger partial charge on any atom is 0.125 e. The molecule has 0 aliphatic rings. The molecule has 0 fully saturated rings. The monoisotopic (exact) mass is 227 g/mol. The second kappa shape index (κ2) is 5.08. The molecule has 0 N–H and O–H groups in total. The van der Waals surface area contributed by atoms with Crippen molar-refractivity contribution in [2.24, 2.45) is 0 Å². The van der Waals surface area contributed by atoms with Crippen molar-refractivity contribution >= 4 is 11.3 Å². The van der Waals surface area contributed by atoms with Crippen LogP contribution in [0, 0.1) is 0 Å². The minimum atomic E-state index is -0.169. The molecule has 0 aromatic carbocycles. The summed E-state index contributed by atoms with van der Waals surface area (Å²) < 4.78 is 5.66. The van der Waals surface area contributed by atoms with Crippen LogP contribution in [0.25, 0.3) is 0 Å². The summed E-state index contributed by atoms with van der Waals surface area (Å²) in [4.78, 5) is 4.69. The Labute approximate surface area is 96.7 Å². The van der Waals surface area contributed by atoms with Crippen LogP contribution < -0.4 is 0 Å². The lowest BCUT2D eigenvalue weighted by molar-refractivity contribution is -0.0220. The van der Waals surface area contributed by atoms with Crippen LogP contribution in [0.3, 0.4) is 0 Å². The molecule has 86 valence electrons. The Bertz CT molecular complexity index is 294. The van der Waals surface area contributed by atoms with Gasteiger partial charge in [-0.05, 0) is 18.8 Å². The Morgan fingerprint density at radius 1 is 1.40 bits per heavy atom. The van der Waals surface area contributed by atoms with Crippen molar-refractivity contribution in [1.82, 2.24) is 4.98 Å². The number of methoxy groups -OCH3 is 1. The van der Waals surface area contributed by atoms with Gasteiger partial charge < -0.3 is 4.74 Å². The van der Waals surface area contributed by atoms with Gasteiger partial charge in [0.1, 0.15) is 10.6 Å². The second-order valence-corrected chi connectivity index (χ2v) is 5.00. The quantitative estimate of drug-likeness (QED) is 0.760. The highest BCUT2D eigenvalue weighted by molar-refractivity contribution is 7.09. The van der Waals surface area contributed by atoms with Crippen LogP contribution in [0.1, 0.15) is 57.2 Å². The zero-order valence-electron chi connectivity index (χ0n) is 10.3. The average molecular weight is 227 g/mol. The van der Waals surface area contributed by atoms with Crippen molar-refractivity contribution < 1.29 is 4.74 Å². The number of rotatable bonds is 5. The summed E-state index contributed by atoms with van der Waals surface area (Å²) in [6, 6.07) is 0. The van der Waals surface area contributed by atoms with Gasteiger partial charge in [0.05, 0.1) is 5.69 Å². The van der Waals surface area contributed by atoms with Crippen molar-refractivity contribution in [1.29, 1.82) is 0 Å². The number of thiazole rings is 1. The maximum atomic E-state index is 5.66. The van der Waals surface area contributed by atoms with Gasteiger partial charge in [0, 0.05) is 12.5 Å². The third-order valence-electron chi connectivity index (χ3n) is 3.04. The summed E-state index contributed by atoms with van der Waals surface area (Å²) in [6.07, 6.45) is 1.95. The first kappa shape index (κ1) is 12.7. The molecule has 0 spiro atoms. The molecule has 1 rings (SSSR count). The third-order valence-corrected chi connectivity index (χ3v) is 4.08. The molecular weight excluding hydrogens is 206 g/mol. The summed E-state index contributed by atoms with van der Waals surface area (Å²) >= 11 is 1.72. The normalized spacial score (nSPS) is 12.4. The van der Waals surface area contributed by atoms with E-state index in [1.807, 2.05) is 0 Å². The molecule has 0 atom stereocenters. The Hall–Kier alpha value is -0.410. The molecule has 0 amide bonds. The van der Waals surface area contributed by atoms with Gasteiger partial charge in [0.2, 0.25) is 0 Å². The molecule has 0 aliphatic heterocycles. The molecule has 0 saturated carbocycles. The summed E-state index contributed by atoms with van der Waals surface area (Å²) in [5.41, 5.74) is 1.01. The standard InChI is InChI=1S/C12H21NOS/c1-6-12(7-2,14-5)11-13-10(8-15-11)9(3)4/h8-9H,6-7H2,1-5H3. The zero-order valence-corrected chi connectivity index (χ0v) is 11.1. The number of nitrogens with zero attached hydrogens (tertiary/aromatic N) is 1. The fraction of sp³-hybridized carbons (Fsp3) is 0.750. The van der Waals surface area contributed by atoms with E-state index in [0.29, 0.717) is 5.92 Å². The molecule has 3 heteroatoms. The second-order valence-electron chi connectivity index (χ2n) is 4.14. The lowest BCUT2D eigenvalue weighted by atomic mass is 9.98. The number of aromatic nitrogens is 1. The maximum absolute atomic E-state index is 5.66. The van der Waals surface area contributed by atoms with Crippen molar-refractivity contribution in [3.8, 4) is 0 Å². The van der Waals surface area contributed by atoms with E-state index < -0.39 is 0 Å². The van der Waals surface area contributed by atoms with Gasteiger partial charge in [0.25, 0.3) is 0 Å². The minimum absolute atomic E-state index is 0.169. The molecule has 0 bridgehead atoms. The van der Waals surface area contributed by atoms with Crippen LogP contribution in [0.2, 0.25) is 0 Å². The fourth-order valence-corrected chi connectivity index (χ4v) is 2.99. The topological polar surface area (TPSA) is 22.1 Å². The summed E-state index contributed by atoms with van der Waals surface area (Å²) in [5.74, 6) is 0.498. The van der Waals surface area contributed by atoms with Gasteiger partial charge in [-0.25, -0.2) is 4.98 Å². The van der Waals surface area contributed by atoms with Gasteiger partial charge >= 0.3 is 0 Å². The van der Waals surface area contributed by atoms with Crippen LogP contribution in [0.4, 0.5) is 0 Å². The largest absolute Gasteiger partial charge is 0.371 e. The van der Waals surface area contributed by atoms with Crippen molar-refractivity contribution in [2.75, 3.05) is 7.11 Å². The van der Waals surface area contributed by atoms with E-state index in [1.165, 1.54) is 5.69 Å². The van der Waals surface area contributed by atoms with Gasteiger partial charge in [-0.3, -0.25) is 0 Å².